The Hall–Kier alpha value is -1.14. The lowest BCUT2D eigenvalue weighted by Gasteiger charge is -2.27. The highest BCUT2D eigenvalue weighted by molar-refractivity contribution is 7.90. The number of hydrogen-bond donors (Lipinski definition) is 0. The summed E-state index contributed by atoms with van der Waals surface area (Å²) in [6, 6.07) is 1.56. The fourth-order valence-electron chi connectivity index (χ4n) is 1.74. The lowest BCUT2D eigenvalue weighted by atomic mass is 9.97. The molecule has 1 aromatic rings. The van der Waals surface area contributed by atoms with Crippen LogP contribution in [0.1, 0.15) is 32.3 Å². The van der Waals surface area contributed by atoms with Crippen molar-refractivity contribution in [2.75, 3.05) is 6.26 Å². The normalized spacial score (nSPS) is 18.6. The molecule has 19 heavy (non-hydrogen) atoms. The second-order valence-corrected chi connectivity index (χ2v) is 7.51. The molecule has 0 aromatic carbocycles. The van der Waals surface area contributed by atoms with Crippen LogP contribution >= 0.6 is 11.6 Å². The second kappa shape index (κ2) is 4.76. The van der Waals surface area contributed by atoms with E-state index < -0.39 is 9.84 Å². The average molecular weight is 303 g/mol. The first-order valence-corrected chi connectivity index (χ1v) is 8.07. The highest BCUT2D eigenvalue weighted by atomic mass is 35.5. The van der Waals surface area contributed by atoms with Crippen molar-refractivity contribution < 1.29 is 13.3 Å². The fourth-order valence-corrected chi connectivity index (χ4v) is 2.99. The Morgan fingerprint density at radius 1 is 1.42 bits per heavy atom. The highest BCUT2D eigenvalue weighted by Crippen LogP contribution is 2.26. The molecule has 104 valence electrons. The molecule has 0 fully saturated rings. The number of nitrogens with zero attached hydrogens (tertiary/aromatic N) is 2. The molecule has 0 saturated carbocycles. The van der Waals surface area contributed by atoms with Gasteiger partial charge in [0.25, 0.3) is 0 Å². The predicted molar refractivity (Wildman–Crippen MR) is 73.3 cm³/mol. The van der Waals surface area contributed by atoms with Crippen molar-refractivity contribution in [2.45, 2.75) is 37.3 Å². The molecular weight excluding hydrogens is 288 g/mol. The Balaban J connectivity index is 2.34. The van der Waals surface area contributed by atoms with E-state index in [2.05, 4.69) is 10.1 Å². The van der Waals surface area contributed by atoms with E-state index in [4.69, 9.17) is 16.4 Å². The Morgan fingerprint density at radius 3 is 2.58 bits per heavy atom. The summed E-state index contributed by atoms with van der Waals surface area (Å²) in [6.45, 7) is 3.93. The Kier molecular flexibility index (Phi) is 3.57. The third-order valence-corrected chi connectivity index (χ3v) is 4.29. The number of sulfone groups is 1. The molecule has 0 saturated heterocycles. The largest absolute Gasteiger partial charge is 0.390 e. The van der Waals surface area contributed by atoms with Gasteiger partial charge in [0.2, 0.25) is 0 Å². The molecule has 0 bridgehead atoms. The van der Waals surface area contributed by atoms with Gasteiger partial charge in [0, 0.05) is 18.0 Å². The molecule has 0 aliphatic carbocycles. The lowest BCUT2D eigenvalue weighted by molar-refractivity contribution is -0.0282. The van der Waals surface area contributed by atoms with Crippen molar-refractivity contribution >= 4 is 27.1 Å². The Labute approximate surface area is 117 Å². The zero-order valence-electron chi connectivity index (χ0n) is 11.0. The van der Waals surface area contributed by atoms with E-state index in [0.29, 0.717) is 5.56 Å². The zero-order valence-corrected chi connectivity index (χ0v) is 12.5. The monoisotopic (exact) mass is 302 g/mol. The minimum atomic E-state index is -3.41. The van der Waals surface area contributed by atoms with Crippen LogP contribution in [-0.4, -0.2) is 31.0 Å². The molecule has 0 unspecified atom stereocenters. The number of aromatic nitrogens is 1. The summed E-state index contributed by atoms with van der Waals surface area (Å²) in [7, 11) is -3.41. The molecule has 2 heterocycles. The third-order valence-electron chi connectivity index (χ3n) is 2.86. The van der Waals surface area contributed by atoms with Crippen LogP contribution in [0.5, 0.6) is 0 Å². The first-order chi connectivity index (χ1) is 8.69. The van der Waals surface area contributed by atoms with Gasteiger partial charge in [-0.15, -0.1) is 0 Å². The van der Waals surface area contributed by atoms with Crippen molar-refractivity contribution in [3.8, 4) is 0 Å². The van der Waals surface area contributed by atoms with Crippen molar-refractivity contribution in [2.24, 2.45) is 5.16 Å². The average Bonchev–Trinajstić information content (AvgIpc) is 2.27. The summed E-state index contributed by atoms with van der Waals surface area (Å²) in [5.41, 5.74) is 1.15. The maximum Gasteiger partial charge on any atom is 0.194 e. The minimum absolute atomic E-state index is 0.104. The number of halogens is 1. The van der Waals surface area contributed by atoms with Crippen molar-refractivity contribution in [1.29, 1.82) is 0 Å². The molecule has 1 aromatic heterocycles. The van der Waals surface area contributed by atoms with Crippen LogP contribution in [0.25, 0.3) is 0 Å². The van der Waals surface area contributed by atoms with Gasteiger partial charge < -0.3 is 4.84 Å². The molecule has 2 rings (SSSR count). The van der Waals surface area contributed by atoms with E-state index >= 15 is 0 Å². The summed E-state index contributed by atoms with van der Waals surface area (Å²) in [5, 5.41) is 4.04. The van der Waals surface area contributed by atoms with Crippen molar-refractivity contribution in [3.63, 3.8) is 0 Å². The molecule has 0 amide bonds. The highest BCUT2D eigenvalue weighted by Gasteiger charge is 2.26. The Bertz CT molecular complexity index is 638. The van der Waals surface area contributed by atoms with Gasteiger partial charge in [-0.1, -0.05) is 16.8 Å². The Morgan fingerprint density at radius 2 is 2.11 bits per heavy atom. The van der Waals surface area contributed by atoms with Gasteiger partial charge in [-0.25, -0.2) is 13.4 Å². The predicted octanol–water partition coefficient (Wildman–Crippen LogP) is 2.43. The van der Waals surface area contributed by atoms with Gasteiger partial charge in [0.1, 0.15) is 5.60 Å². The van der Waals surface area contributed by atoms with E-state index in [1.807, 2.05) is 13.8 Å². The molecule has 1 aliphatic heterocycles. The smallest absolute Gasteiger partial charge is 0.194 e. The van der Waals surface area contributed by atoms with Crippen LogP contribution < -0.4 is 0 Å². The molecular formula is C12H15ClN2O3S. The summed E-state index contributed by atoms with van der Waals surface area (Å²) < 4.78 is 22.8. The van der Waals surface area contributed by atoms with Crippen molar-refractivity contribution in [1.82, 2.24) is 4.98 Å². The van der Waals surface area contributed by atoms with Crippen LogP contribution in [0.15, 0.2) is 22.4 Å². The van der Waals surface area contributed by atoms with E-state index in [1.165, 1.54) is 6.20 Å². The quantitative estimate of drug-likeness (QED) is 0.841. The standard InChI is InChI=1S/C12H15ClN2O3S/c1-12(2)5-4-10(15-18-12)8-6-9(13)11(14-7-8)19(3,16)17/h6-7H,4-5H2,1-3H3. The van der Waals surface area contributed by atoms with Crippen LogP contribution in [0.3, 0.4) is 0 Å². The number of pyridine rings is 1. The topological polar surface area (TPSA) is 68.6 Å². The first kappa shape index (κ1) is 14.3. The van der Waals surface area contributed by atoms with Crippen LogP contribution in [-0.2, 0) is 14.7 Å². The lowest BCUT2D eigenvalue weighted by Crippen LogP contribution is -2.28. The number of oxime groups is 1. The summed E-state index contributed by atoms with van der Waals surface area (Å²) in [5.74, 6) is 0. The SMILES string of the molecule is CC1(C)CCC(c2cnc(S(C)(=O)=O)c(Cl)c2)=NO1. The molecule has 1 aliphatic rings. The second-order valence-electron chi connectivity index (χ2n) is 5.17. The summed E-state index contributed by atoms with van der Waals surface area (Å²) in [4.78, 5) is 9.27. The van der Waals surface area contributed by atoms with Gasteiger partial charge in [0.05, 0.1) is 10.7 Å². The summed E-state index contributed by atoms with van der Waals surface area (Å²) >= 11 is 5.95. The molecule has 0 radical (unpaired) electrons. The summed E-state index contributed by atoms with van der Waals surface area (Å²) in [6.07, 6.45) is 4.11. The van der Waals surface area contributed by atoms with Gasteiger partial charge in [-0.2, -0.15) is 0 Å². The van der Waals surface area contributed by atoms with Crippen LogP contribution in [0.2, 0.25) is 5.02 Å². The zero-order chi connectivity index (χ0) is 14.3. The van der Waals surface area contributed by atoms with Gasteiger partial charge in [0.15, 0.2) is 14.9 Å². The van der Waals surface area contributed by atoms with Crippen LogP contribution in [0.4, 0.5) is 0 Å². The van der Waals surface area contributed by atoms with E-state index in [-0.39, 0.29) is 15.6 Å². The minimum Gasteiger partial charge on any atom is -0.390 e. The number of rotatable bonds is 2. The van der Waals surface area contributed by atoms with Gasteiger partial charge in [-0.3, -0.25) is 0 Å². The van der Waals surface area contributed by atoms with Gasteiger partial charge >= 0.3 is 0 Å². The molecule has 0 spiro atoms. The molecule has 0 N–H and O–H groups in total. The van der Waals surface area contributed by atoms with Crippen LogP contribution in [0, 0.1) is 0 Å². The number of hydrogen-bond acceptors (Lipinski definition) is 5. The van der Waals surface area contributed by atoms with Gasteiger partial charge in [-0.05, 0) is 32.8 Å². The van der Waals surface area contributed by atoms with Crippen molar-refractivity contribution in [3.05, 3.63) is 22.8 Å². The molecule has 0 atom stereocenters. The molecule has 5 nitrogen and oxygen atoms in total. The fraction of sp³-hybridized carbons (Fsp3) is 0.500. The first-order valence-electron chi connectivity index (χ1n) is 5.80. The van der Waals surface area contributed by atoms with E-state index in [9.17, 15) is 8.42 Å². The molecule has 7 heteroatoms. The third kappa shape index (κ3) is 3.25. The maximum absolute atomic E-state index is 11.4. The van der Waals surface area contributed by atoms with E-state index in [0.717, 1.165) is 24.8 Å². The van der Waals surface area contributed by atoms with E-state index in [1.54, 1.807) is 6.07 Å². The maximum atomic E-state index is 11.4.